The van der Waals surface area contributed by atoms with E-state index in [0.29, 0.717) is 77.5 Å². The summed E-state index contributed by atoms with van der Waals surface area (Å²) in [5, 5.41) is 152. The zero-order valence-corrected chi connectivity index (χ0v) is 31.8. The maximum atomic E-state index is 9.69. The molecule has 16 N–H and O–H groups in total. The average molecular weight is 813 g/mol. The van der Waals surface area contributed by atoms with E-state index < -0.39 is 97.4 Å². The second kappa shape index (κ2) is 20.2. The summed E-state index contributed by atoms with van der Waals surface area (Å²) in [5.41, 5.74) is 0. The van der Waals surface area contributed by atoms with Gasteiger partial charge in [0, 0.05) is 50.3 Å². The van der Waals surface area contributed by atoms with Gasteiger partial charge < -0.3 is 81.7 Å². The molecule has 20 atom stereocenters. The van der Waals surface area contributed by atoms with Crippen molar-refractivity contribution in [1.82, 2.24) is 19.6 Å². The summed E-state index contributed by atoms with van der Waals surface area (Å²) in [6.45, 7) is 1.43. The maximum Gasteiger partial charge on any atom is 0.0991 e. The number of aliphatic hydroxyl groups excluding tert-OH is 16. The van der Waals surface area contributed by atoms with Crippen molar-refractivity contribution in [2.75, 3.05) is 52.6 Å². The van der Waals surface area contributed by atoms with Gasteiger partial charge in [-0.3, -0.25) is 19.6 Å². The molecule has 0 aromatic heterocycles. The fourth-order valence-corrected chi connectivity index (χ4v) is 10.4. The topological polar surface area (TPSA) is 337 Å². The van der Waals surface area contributed by atoms with Crippen molar-refractivity contribution in [1.29, 1.82) is 0 Å². The van der Waals surface area contributed by atoms with Crippen molar-refractivity contribution < 1.29 is 81.7 Å². The lowest BCUT2D eigenvalue weighted by Crippen LogP contribution is -2.54. The first kappa shape index (κ1) is 46.3. The van der Waals surface area contributed by atoms with Crippen LogP contribution < -0.4 is 0 Å². The molecule has 0 radical (unpaired) electrons. The molecule has 0 aromatic rings. The number of fused-ring (bicyclic) bond motifs is 4. The second-order valence-electron chi connectivity index (χ2n) is 16.9. The Balaban J connectivity index is 0.000000143. The summed E-state index contributed by atoms with van der Waals surface area (Å²) in [7, 11) is 0. The first-order valence-electron chi connectivity index (χ1n) is 20.2. The summed E-state index contributed by atoms with van der Waals surface area (Å²) in [5.74, 6) is 0. The molecule has 0 saturated carbocycles. The Morgan fingerprint density at radius 2 is 0.446 bits per heavy atom. The van der Waals surface area contributed by atoms with Crippen LogP contribution in [0.25, 0.3) is 0 Å². The van der Waals surface area contributed by atoms with Crippen molar-refractivity contribution in [2.45, 2.75) is 173 Å². The van der Waals surface area contributed by atoms with Gasteiger partial charge in [-0.25, -0.2) is 0 Å². The summed E-state index contributed by atoms with van der Waals surface area (Å²) in [4.78, 5) is 7.29. The van der Waals surface area contributed by atoms with Crippen LogP contribution in [0.15, 0.2) is 0 Å². The van der Waals surface area contributed by atoms with E-state index in [0.717, 1.165) is 0 Å². The third-order valence-electron chi connectivity index (χ3n) is 13.6. The number of aliphatic hydroxyl groups is 16. The Morgan fingerprint density at radius 3 is 0.607 bits per heavy atom. The lowest BCUT2D eigenvalue weighted by atomic mass is 9.93. The molecule has 0 spiro atoms. The Bertz CT molecular complexity index is 1030. The Hall–Kier alpha value is -0.800. The molecular weight excluding hydrogens is 744 g/mol. The van der Waals surface area contributed by atoms with E-state index in [1.807, 2.05) is 19.6 Å². The standard InChI is InChI=1S/4C9H17NO4/c4*11-4-5-1-2-6(12)8-9(14)7(13)3-10(5)8/h4*5-9,11-14H,1-4H2/t2*5?,6?,7-,8+,9?;2*5-,6-,7-,8-,9-/m0011/s1. The molecule has 56 heavy (non-hydrogen) atoms. The molecule has 0 aliphatic carbocycles. The van der Waals surface area contributed by atoms with Crippen LogP contribution in [0.4, 0.5) is 0 Å². The van der Waals surface area contributed by atoms with Gasteiger partial charge in [-0.1, -0.05) is 0 Å². The van der Waals surface area contributed by atoms with Crippen molar-refractivity contribution >= 4 is 0 Å². The molecule has 20 nitrogen and oxygen atoms in total. The highest BCUT2D eigenvalue weighted by atomic mass is 16.4. The molecule has 0 aromatic carbocycles. The van der Waals surface area contributed by atoms with Crippen molar-refractivity contribution in [3.63, 3.8) is 0 Å². The van der Waals surface area contributed by atoms with Crippen LogP contribution in [-0.2, 0) is 0 Å². The van der Waals surface area contributed by atoms with E-state index in [4.69, 9.17) is 20.4 Å². The van der Waals surface area contributed by atoms with Crippen molar-refractivity contribution in [2.24, 2.45) is 0 Å². The summed E-state index contributed by atoms with van der Waals surface area (Å²) in [6.07, 6.45) is -3.96. The molecular formula is C36H68N4O16. The number of piperidine rings is 4. The fourth-order valence-electron chi connectivity index (χ4n) is 10.4. The van der Waals surface area contributed by atoms with Gasteiger partial charge in [0.05, 0.1) is 124 Å². The van der Waals surface area contributed by atoms with Gasteiger partial charge in [0.2, 0.25) is 0 Å². The smallest absolute Gasteiger partial charge is 0.0991 e. The summed E-state index contributed by atoms with van der Waals surface area (Å²) < 4.78 is 0. The quantitative estimate of drug-likeness (QED) is 0.125. The van der Waals surface area contributed by atoms with E-state index >= 15 is 0 Å². The zero-order chi connectivity index (χ0) is 41.2. The minimum Gasteiger partial charge on any atom is -0.395 e. The van der Waals surface area contributed by atoms with Crippen LogP contribution in [0.1, 0.15) is 51.4 Å². The third kappa shape index (κ3) is 9.55. The van der Waals surface area contributed by atoms with Gasteiger partial charge in [0.1, 0.15) is 0 Å². The van der Waals surface area contributed by atoms with Gasteiger partial charge in [-0.2, -0.15) is 0 Å². The van der Waals surface area contributed by atoms with E-state index in [1.165, 1.54) is 0 Å². The van der Waals surface area contributed by atoms with Gasteiger partial charge in [-0.05, 0) is 51.4 Å². The lowest BCUT2D eigenvalue weighted by molar-refractivity contribution is -0.0538. The molecule has 8 aliphatic rings. The van der Waals surface area contributed by atoms with Crippen LogP contribution in [-0.4, -0.2) is 275 Å². The van der Waals surface area contributed by atoms with Gasteiger partial charge in [0.25, 0.3) is 0 Å². The van der Waals surface area contributed by atoms with E-state index in [9.17, 15) is 61.3 Å². The van der Waals surface area contributed by atoms with E-state index in [-0.39, 0.29) is 50.6 Å². The highest BCUT2D eigenvalue weighted by Crippen LogP contribution is 2.35. The zero-order valence-electron chi connectivity index (χ0n) is 31.8. The molecule has 8 aliphatic heterocycles. The SMILES string of the molecule is OCC1CCC(O)[C@@H]2C(O)[C@@H](O)CN12.OCC1CCC(O)[C@@H]2C(O)[C@@H](O)CN12.OC[C@H]1CC[C@@H](O)[C@@H]2[C@H](O)[C@H](O)CN12.OC[C@H]1CC[C@@H](O)[C@@H]2[C@H](O)[C@H](O)CN12. The number of hydrogen-bond acceptors (Lipinski definition) is 20. The Kier molecular flexibility index (Phi) is 16.7. The van der Waals surface area contributed by atoms with Crippen molar-refractivity contribution in [3.05, 3.63) is 0 Å². The molecule has 8 saturated heterocycles. The molecule has 328 valence electrons. The molecule has 8 fully saturated rings. The number of rotatable bonds is 4. The third-order valence-corrected chi connectivity index (χ3v) is 13.6. The Morgan fingerprint density at radius 1 is 0.268 bits per heavy atom. The second-order valence-corrected chi connectivity index (χ2v) is 16.9. The largest absolute Gasteiger partial charge is 0.395 e. The fraction of sp³-hybridized carbons (Fsp3) is 1.00. The monoisotopic (exact) mass is 812 g/mol. The molecule has 8 heterocycles. The predicted molar refractivity (Wildman–Crippen MR) is 194 cm³/mol. The van der Waals surface area contributed by atoms with E-state index in [1.54, 1.807) is 0 Å². The van der Waals surface area contributed by atoms with Crippen molar-refractivity contribution in [3.8, 4) is 0 Å². The minimum absolute atomic E-state index is 0.0165. The van der Waals surface area contributed by atoms with Crippen LogP contribution in [0.3, 0.4) is 0 Å². The van der Waals surface area contributed by atoms with Crippen LogP contribution in [0, 0.1) is 0 Å². The first-order valence-corrected chi connectivity index (χ1v) is 20.2. The van der Waals surface area contributed by atoms with E-state index in [2.05, 4.69) is 0 Å². The average Bonchev–Trinajstić information content (AvgIpc) is 3.87. The summed E-state index contributed by atoms with van der Waals surface area (Å²) in [6, 6.07) is -1.76. The van der Waals surface area contributed by atoms with Gasteiger partial charge in [-0.15, -0.1) is 0 Å². The molecule has 8 rings (SSSR count). The highest BCUT2D eigenvalue weighted by molar-refractivity contribution is 5.05. The van der Waals surface area contributed by atoms with Gasteiger partial charge in [0.15, 0.2) is 0 Å². The molecule has 0 bridgehead atoms. The lowest BCUT2D eigenvalue weighted by Gasteiger charge is -2.40. The number of hydrogen-bond donors (Lipinski definition) is 16. The highest BCUT2D eigenvalue weighted by Gasteiger charge is 2.51. The normalized spacial score (nSPS) is 49.3. The molecule has 0 amide bonds. The molecule has 6 unspecified atom stereocenters. The first-order chi connectivity index (χ1) is 26.6. The van der Waals surface area contributed by atoms with Crippen LogP contribution >= 0.6 is 0 Å². The molecule has 20 heteroatoms. The maximum absolute atomic E-state index is 9.69. The summed E-state index contributed by atoms with van der Waals surface area (Å²) >= 11 is 0. The van der Waals surface area contributed by atoms with Crippen LogP contribution in [0.5, 0.6) is 0 Å². The van der Waals surface area contributed by atoms with Crippen LogP contribution in [0.2, 0.25) is 0 Å². The Labute approximate surface area is 326 Å². The number of nitrogens with zero attached hydrogens (tertiary/aromatic N) is 4. The predicted octanol–water partition coefficient (Wildman–Crippen LogP) is -8.37. The minimum atomic E-state index is -0.889. The van der Waals surface area contributed by atoms with Gasteiger partial charge >= 0.3 is 0 Å².